The van der Waals surface area contributed by atoms with E-state index in [1.807, 2.05) is 49.4 Å². The van der Waals surface area contributed by atoms with Gasteiger partial charge in [0.15, 0.2) is 11.5 Å². The molecule has 0 unspecified atom stereocenters. The molecule has 0 radical (unpaired) electrons. The Morgan fingerprint density at radius 2 is 2.00 bits per heavy atom. The molecule has 0 spiro atoms. The zero-order valence-corrected chi connectivity index (χ0v) is 19.4. The van der Waals surface area contributed by atoms with E-state index in [1.165, 1.54) is 11.1 Å². The number of ether oxygens (including phenoxy) is 2. The molecule has 172 valence electrons. The van der Waals surface area contributed by atoms with Crippen LogP contribution in [0, 0.1) is 0 Å². The lowest BCUT2D eigenvalue weighted by Gasteiger charge is -2.22. The van der Waals surface area contributed by atoms with Crippen LogP contribution in [0.1, 0.15) is 61.9 Å². The van der Waals surface area contributed by atoms with Crippen LogP contribution < -0.4 is 15.0 Å². The summed E-state index contributed by atoms with van der Waals surface area (Å²) in [7, 11) is 1.63. The first kappa shape index (κ1) is 22.8. The van der Waals surface area contributed by atoms with Crippen molar-refractivity contribution < 1.29 is 9.47 Å². The lowest BCUT2D eigenvalue weighted by molar-refractivity contribution is 0.309. The standard InChI is InChI=1S/C27H31N3O3/c1-4-11-21-16-19(17-24(33-5-2)25(21)32-3)18-28-30-26(20-12-7-6-8-13-20)29-23-15-10-9-14-22(23)27(30)31/h4,9-10,14-18,20H,1,5-8,11-13H2,2-3H3. The largest absolute Gasteiger partial charge is 0.493 e. The van der Waals surface area contributed by atoms with Gasteiger partial charge in [0.2, 0.25) is 0 Å². The Morgan fingerprint density at radius 3 is 2.73 bits per heavy atom. The van der Waals surface area contributed by atoms with Crippen molar-refractivity contribution in [3.63, 3.8) is 0 Å². The third-order valence-corrected chi connectivity index (χ3v) is 6.09. The molecule has 6 nitrogen and oxygen atoms in total. The topological polar surface area (TPSA) is 65.7 Å². The summed E-state index contributed by atoms with van der Waals surface area (Å²) in [4.78, 5) is 18.3. The first-order valence-electron chi connectivity index (χ1n) is 11.7. The van der Waals surface area contributed by atoms with Crippen molar-refractivity contribution in [2.75, 3.05) is 13.7 Å². The van der Waals surface area contributed by atoms with Gasteiger partial charge >= 0.3 is 0 Å². The third-order valence-electron chi connectivity index (χ3n) is 6.09. The maximum atomic E-state index is 13.4. The number of para-hydroxylation sites is 1. The van der Waals surface area contributed by atoms with Crippen molar-refractivity contribution in [1.29, 1.82) is 0 Å². The molecule has 3 aromatic rings. The number of methoxy groups -OCH3 is 1. The quantitative estimate of drug-likeness (QED) is 0.341. The fourth-order valence-electron chi connectivity index (χ4n) is 4.56. The molecule has 0 amide bonds. The van der Waals surface area contributed by atoms with Crippen molar-refractivity contribution in [3.05, 3.63) is 76.4 Å². The molecule has 1 heterocycles. The van der Waals surface area contributed by atoms with Crippen molar-refractivity contribution in [2.24, 2.45) is 5.10 Å². The van der Waals surface area contributed by atoms with Crippen LogP contribution >= 0.6 is 0 Å². The van der Waals surface area contributed by atoms with Crippen LogP contribution in [0.4, 0.5) is 0 Å². The molecule has 0 bridgehead atoms. The number of hydrogen-bond acceptors (Lipinski definition) is 5. The Labute approximate surface area is 194 Å². The molecule has 1 saturated carbocycles. The molecule has 1 aromatic heterocycles. The second-order valence-electron chi connectivity index (χ2n) is 8.32. The van der Waals surface area contributed by atoms with Crippen molar-refractivity contribution in [3.8, 4) is 11.5 Å². The molecule has 1 aliphatic rings. The highest BCUT2D eigenvalue weighted by atomic mass is 16.5. The molecule has 1 aliphatic carbocycles. The molecule has 0 aliphatic heterocycles. The fraction of sp³-hybridized carbons (Fsp3) is 0.370. The molecular weight excluding hydrogens is 414 g/mol. The maximum absolute atomic E-state index is 13.4. The van der Waals surface area contributed by atoms with E-state index < -0.39 is 0 Å². The van der Waals surface area contributed by atoms with Gasteiger partial charge in [-0.1, -0.05) is 37.5 Å². The Kier molecular flexibility index (Phi) is 7.23. The van der Waals surface area contributed by atoms with Crippen LogP contribution in [-0.4, -0.2) is 29.6 Å². The second kappa shape index (κ2) is 10.5. The molecule has 0 N–H and O–H groups in total. The maximum Gasteiger partial charge on any atom is 0.282 e. The number of nitrogens with zero attached hydrogens (tertiary/aromatic N) is 3. The predicted molar refractivity (Wildman–Crippen MR) is 133 cm³/mol. The summed E-state index contributed by atoms with van der Waals surface area (Å²) in [5.41, 5.74) is 2.37. The van der Waals surface area contributed by atoms with Gasteiger partial charge in [-0.05, 0) is 56.0 Å². The summed E-state index contributed by atoms with van der Waals surface area (Å²) < 4.78 is 12.9. The predicted octanol–water partition coefficient (Wildman–Crippen LogP) is 5.46. The Bertz CT molecular complexity index is 1220. The first-order valence-corrected chi connectivity index (χ1v) is 11.7. The Balaban J connectivity index is 1.82. The van der Waals surface area contributed by atoms with Crippen LogP contribution in [0.5, 0.6) is 11.5 Å². The van der Waals surface area contributed by atoms with Crippen molar-refractivity contribution >= 4 is 17.1 Å². The summed E-state index contributed by atoms with van der Waals surface area (Å²) in [5.74, 6) is 2.33. The highest BCUT2D eigenvalue weighted by Crippen LogP contribution is 2.34. The van der Waals surface area contributed by atoms with Gasteiger partial charge in [0.25, 0.3) is 5.56 Å². The monoisotopic (exact) mass is 445 g/mol. The minimum Gasteiger partial charge on any atom is -0.493 e. The number of benzene rings is 2. The van der Waals surface area contributed by atoms with E-state index in [4.69, 9.17) is 14.5 Å². The van der Waals surface area contributed by atoms with Crippen LogP contribution in [0.2, 0.25) is 0 Å². The first-order chi connectivity index (χ1) is 16.2. The average molecular weight is 446 g/mol. The van der Waals surface area contributed by atoms with E-state index in [-0.39, 0.29) is 11.5 Å². The molecule has 0 atom stereocenters. The molecule has 4 rings (SSSR count). The van der Waals surface area contributed by atoms with Crippen LogP contribution in [0.15, 0.2) is 58.9 Å². The molecule has 2 aromatic carbocycles. The Hall–Kier alpha value is -3.41. The zero-order chi connectivity index (χ0) is 23.2. The number of rotatable bonds is 8. The molecule has 33 heavy (non-hydrogen) atoms. The summed E-state index contributed by atoms with van der Waals surface area (Å²) in [6.45, 7) is 6.30. The van der Waals surface area contributed by atoms with Gasteiger partial charge in [-0.25, -0.2) is 4.98 Å². The van der Waals surface area contributed by atoms with Gasteiger partial charge in [-0.3, -0.25) is 4.79 Å². The zero-order valence-electron chi connectivity index (χ0n) is 19.4. The van der Waals surface area contributed by atoms with E-state index in [1.54, 1.807) is 13.3 Å². The van der Waals surface area contributed by atoms with Gasteiger partial charge in [0.1, 0.15) is 5.82 Å². The van der Waals surface area contributed by atoms with Crippen molar-refractivity contribution in [2.45, 2.75) is 51.4 Å². The molecule has 6 heteroatoms. The Morgan fingerprint density at radius 1 is 1.21 bits per heavy atom. The minimum atomic E-state index is -0.137. The number of fused-ring (bicyclic) bond motifs is 1. The van der Waals surface area contributed by atoms with Gasteiger partial charge < -0.3 is 9.47 Å². The summed E-state index contributed by atoms with van der Waals surface area (Å²) in [6, 6.07) is 11.4. The molecule has 0 saturated heterocycles. The van der Waals surface area contributed by atoms with Crippen LogP contribution in [0.3, 0.4) is 0 Å². The highest BCUT2D eigenvalue weighted by Gasteiger charge is 2.22. The lowest BCUT2D eigenvalue weighted by Crippen LogP contribution is -2.25. The summed E-state index contributed by atoms with van der Waals surface area (Å²) in [6.07, 6.45) is 9.76. The highest BCUT2D eigenvalue weighted by molar-refractivity contribution is 5.82. The number of allylic oxidation sites excluding steroid dienone is 1. The second-order valence-corrected chi connectivity index (χ2v) is 8.32. The van der Waals surface area contributed by atoms with Crippen LogP contribution in [-0.2, 0) is 6.42 Å². The fourth-order valence-corrected chi connectivity index (χ4v) is 4.56. The molecule has 1 fully saturated rings. The number of hydrogen-bond donors (Lipinski definition) is 0. The van der Waals surface area contributed by atoms with E-state index in [0.717, 1.165) is 48.2 Å². The third kappa shape index (κ3) is 4.85. The lowest BCUT2D eigenvalue weighted by atomic mass is 9.88. The minimum absolute atomic E-state index is 0.137. The van der Waals surface area contributed by atoms with E-state index in [2.05, 4.69) is 11.7 Å². The average Bonchev–Trinajstić information content (AvgIpc) is 2.84. The number of aromatic nitrogens is 2. The summed E-state index contributed by atoms with van der Waals surface area (Å²) in [5, 5.41) is 5.23. The van der Waals surface area contributed by atoms with Gasteiger partial charge in [0.05, 0.1) is 30.8 Å². The van der Waals surface area contributed by atoms with Crippen LogP contribution in [0.25, 0.3) is 10.9 Å². The van der Waals surface area contributed by atoms with E-state index in [9.17, 15) is 4.79 Å². The smallest absolute Gasteiger partial charge is 0.282 e. The van der Waals surface area contributed by atoms with E-state index in [0.29, 0.717) is 29.9 Å². The van der Waals surface area contributed by atoms with Gasteiger partial charge in [-0.2, -0.15) is 9.78 Å². The normalized spacial score (nSPS) is 14.6. The van der Waals surface area contributed by atoms with Gasteiger partial charge in [0, 0.05) is 11.5 Å². The van der Waals surface area contributed by atoms with Gasteiger partial charge in [-0.15, -0.1) is 6.58 Å². The molecular formula is C27H31N3O3. The van der Waals surface area contributed by atoms with Crippen molar-refractivity contribution in [1.82, 2.24) is 9.66 Å². The summed E-state index contributed by atoms with van der Waals surface area (Å²) >= 11 is 0. The van der Waals surface area contributed by atoms with E-state index >= 15 is 0 Å². The SMILES string of the molecule is C=CCc1cc(C=Nn2c(C3CCCCC3)nc3ccccc3c2=O)cc(OCC)c1OC.